The number of para-hydroxylation sites is 1. The Balaban J connectivity index is 1.68. The van der Waals surface area contributed by atoms with E-state index in [1.54, 1.807) is 16.0 Å². The molecule has 1 amide bonds. The van der Waals surface area contributed by atoms with Gasteiger partial charge < -0.3 is 9.64 Å². The fraction of sp³-hybridized carbons (Fsp3) is 0.353. The Labute approximate surface area is 143 Å². The smallest absolute Gasteiger partial charge is 0.250 e. The summed E-state index contributed by atoms with van der Waals surface area (Å²) in [7, 11) is 0. The number of β-lactam (4-membered cyclic amide) rings is 1. The van der Waals surface area contributed by atoms with E-state index < -0.39 is 0 Å². The standard InChI is InChI=1S/C17H18N4O2S/c1-2-23-10-9-20-15(14-8-5-11-24-14)16(17(20)22)21-13-7-4-3-6-12(13)18-19-21/h3-8,11,15-16H,2,9-10H2,1H3/t15-,16-/m1/s1. The van der Waals surface area contributed by atoms with E-state index in [4.69, 9.17) is 4.74 Å². The summed E-state index contributed by atoms with van der Waals surface area (Å²) in [6.45, 7) is 3.76. The number of hydrogen-bond acceptors (Lipinski definition) is 5. The number of ether oxygens (including phenoxy) is 1. The Morgan fingerprint density at radius 1 is 1.21 bits per heavy atom. The molecule has 124 valence electrons. The van der Waals surface area contributed by atoms with Crippen molar-refractivity contribution in [2.75, 3.05) is 19.8 Å². The number of rotatable bonds is 6. The first-order valence-corrected chi connectivity index (χ1v) is 8.90. The first-order valence-electron chi connectivity index (χ1n) is 8.03. The second-order valence-electron chi connectivity index (χ2n) is 5.66. The maximum absolute atomic E-state index is 12.8. The average Bonchev–Trinajstić information content (AvgIpc) is 3.26. The van der Waals surface area contributed by atoms with Crippen LogP contribution in [0.15, 0.2) is 41.8 Å². The molecule has 0 N–H and O–H groups in total. The molecule has 2 atom stereocenters. The highest BCUT2D eigenvalue weighted by molar-refractivity contribution is 7.10. The number of hydrogen-bond donors (Lipinski definition) is 0. The van der Waals surface area contributed by atoms with Gasteiger partial charge >= 0.3 is 0 Å². The minimum Gasteiger partial charge on any atom is -0.380 e. The van der Waals surface area contributed by atoms with Gasteiger partial charge in [0.25, 0.3) is 5.91 Å². The molecule has 0 aliphatic carbocycles. The number of carbonyl (C=O) groups is 1. The maximum Gasteiger partial charge on any atom is 0.250 e. The van der Waals surface area contributed by atoms with Crippen molar-refractivity contribution in [3.8, 4) is 0 Å². The van der Waals surface area contributed by atoms with Gasteiger partial charge in [0, 0.05) is 18.0 Å². The molecule has 1 aromatic carbocycles. The predicted octanol–water partition coefficient (Wildman–Crippen LogP) is 2.65. The third kappa shape index (κ3) is 2.40. The molecule has 1 saturated heterocycles. The summed E-state index contributed by atoms with van der Waals surface area (Å²) >= 11 is 1.66. The van der Waals surface area contributed by atoms with Crippen LogP contribution in [0.2, 0.25) is 0 Å². The highest BCUT2D eigenvalue weighted by Crippen LogP contribution is 2.45. The summed E-state index contributed by atoms with van der Waals surface area (Å²) in [5, 5.41) is 10.5. The van der Waals surface area contributed by atoms with Crippen LogP contribution in [0.5, 0.6) is 0 Å². The summed E-state index contributed by atoms with van der Waals surface area (Å²) in [5.74, 6) is 0.0729. The van der Waals surface area contributed by atoms with Gasteiger partial charge in [0.2, 0.25) is 0 Å². The van der Waals surface area contributed by atoms with Crippen LogP contribution in [0, 0.1) is 0 Å². The first kappa shape index (κ1) is 15.3. The number of thiophene rings is 1. The van der Waals surface area contributed by atoms with Crippen molar-refractivity contribution in [2.45, 2.75) is 19.0 Å². The highest BCUT2D eigenvalue weighted by Gasteiger charge is 2.50. The second kappa shape index (κ2) is 6.33. The van der Waals surface area contributed by atoms with E-state index in [0.717, 1.165) is 15.9 Å². The van der Waals surface area contributed by atoms with E-state index in [9.17, 15) is 4.79 Å². The van der Waals surface area contributed by atoms with Crippen LogP contribution < -0.4 is 0 Å². The molecule has 6 nitrogen and oxygen atoms in total. The van der Waals surface area contributed by atoms with E-state index in [2.05, 4.69) is 16.4 Å². The SMILES string of the molecule is CCOCCN1C(=O)[C@H](n2nnc3ccccc32)[C@H]1c1cccs1. The van der Waals surface area contributed by atoms with Crippen molar-refractivity contribution in [1.82, 2.24) is 19.9 Å². The van der Waals surface area contributed by atoms with Gasteiger partial charge in [0.1, 0.15) is 5.52 Å². The molecule has 3 aromatic rings. The Hall–Kier alpha value is -2.25. The first-order chi connectivity index (χ1) is 11.8. The lowest BCUT2D eigenvalue weighted by Crippen LogP contribution is -2.56. The number of benzene rings is 1. The molecule has 0 radical (unpaired) electrons. The third-order valence-electron chi connectivity index (χ3n) is 4.33. The van der Waals surface area contributed by atoms with Crippen molar-refractivity contribution in [3.63, 3.8) is 0 Å². The van der Waals surface area contributed by atoms with E-state index in [1.807, 2.05) is 47.5 Å². The van der Waals surface area contributed by atoms with Gasteiger partial charge in [-0.05, 0) is 30.5 Å². The molecule has 3 heterocycles. The van der Waals surface area contributed by atoms with E-state index in [1.165, 1.54) is 0 Å². The predicted molar refractivity (Wildman–Crippen MR) is 91.8 cm³/mol. The van der Waals surface area contributed by atoms with Gasteiger partial charge in [-0.25, -0.2) is 4.68 Å². The van der Waals surface area contributed by atoms with Crippen LogP contribution in [0.4, 0.5) is 0 Å². The van der Waals surface area contributed by atoms with Gasteiger partial charge in [-0.2, -0.15) is 0 Å². The van der Waals surface area contributed by atoms with E-state index >= 15 is 0 Å². The molecule has 0 spiro atoms. The zero-order valence-corrected chi connectivity index (χ0v) is 14.1. The van der Waals surface area contributed by atoms with Gasteiger partial charge in [0.15, 0.2) is 6.04 Å². The van der Waals surface area contributed by atoms with Gasteiger partial charge in [-0.15, -0.1) is 16.4 Å². The highest BCUT2D eigenvalue weighted by atomic mass is 32.1. The Kier molecular flexibility index (Phi) is 4.03. The molecule has 7 heteroatoms. The van der Waals surface area contributed by atoms with E-state index in [-0.39, 0.29) is 18.0 Å². The summed E-state index contributed by atoms with van der Waals surface area (Å²) in [6, 6.07) is 11.5. The van der Waals surface area contributed by atoms with Crippen molar-refractivity contribution in [3.05, 3.63) is 46.7 Å². The van der Waals surface area contributed by atoms with Crippen molar-refractivity contribution < 1.29 is 9.53 Å². The minimum absolute atomic E-state index is 0.0111. The molecule has 24 heavy (non-hydrogen) atoms. The second-order valence-corrected chi connectivity index (χ2v) is 6.64. The lowest BCUT2D eigenvalue weighted by atomic mass is 9.93. The molecular formula is C17H18N4O2S. The van der Waals surface area contributed by atoms with Crippen LogP contribution in [0.1, 0.15) is 23.9 Å². The Morgan fingerprint density at radius 3 is 2.88 bits per heavy atom. The average molecular weight is 342 g/mol. The number of likely N-dealkylation sites (tertiary alicyclic amines) is 1. The summed E-state index contributed by atoms with van der Waals surface area (Å²) in [4.78, 5) is 15.8. The van der Waals surface area contributed by atoms with Crippen LogP contribution in [-0.2, 0) is 9.53 Å². The molecule has 0 saturated carbocycles. The van der Waals surface area contributed by atoms with Gasteiger partial charge in [-0.1, -0.05) is 23.4 Å². The lowest BCUT2D eigenvalue weighted by molar-refractivity contribution is -0.156. The third-order valence-corrected chi connectivity index (χ3v) is 5.27. The Morgan fingerprint density at radius 2 is 2.08 bits per heavy atom. The van der Waals surface area contributed by atoms with Gasteiger partial charge in [0.05, 0.1) is 18.2 Å². The Bertz CT molecular complexity index is 845. The largest absolute Gasteiger partial charge is 0.380 e. The number of aromatic nitrogens is 3. The summed E-state index contributed by atoms with van der Waals surface area (Å²) in [5.41, 5.74) is 1.70. The molecule has 2 aromatic heterocycles. The topological polar surface area (TPSA) is 60.2 Å². The van der Waals surface area contributed by atoms with Crippen molar-refractivity contribution >= 4 is 28.3 Å². The normalized spacial score (nSPS) is 20.5. The number of fused-ring (bicyclic) bond motifs is 1. The minimum atomic E-state index is -0.335. The number of amides is 1. The molecule has 1 aliphatic rings. The zero-order valence-electron chi connectivity index (χ0n) is 13.3. The maximum atomic E-state index is 12.8. The molecule has 0 unspecified atom stereocenters. The lowest BCUT2D eigenvalue weighted by Gasteiger charge is -2.46. The summed E-state index contributed by atoms with van der Waals surface area (Å²) in [6.07, 6.45) is 0. The van der Waals surface area contributed by atoms with Crippen LogP contribution >= 0.6 is 11.3 Å². The molecule has 0 bridgehead atoms. The number of carbonyl (C=O) groups excluding carboxylic acids is 1. The van der Waals surface area contributed by atoms with Crippen molar-refractivity contribution in [2.24, 2.45) is 0 Å². The fourth-order valence-electron chi connectivity index (χ4n) is 3.19. The van der Waals surface area contributed by atoms with E-state index in [0.29, 0.717) is 19.8 Å². The fourth-order valence-corrected chi connectivity index (χ4v) is 4.05. The van der Waals surface area contributed by atoms with Crippen LogP contribution in [0.25, 0.3) is 11.0 Å². The monoisotopic (exact) mass is 342 g/mol. The quantitative estimate of drug-likeness (QED) is 0.510. The molecule has 1 fully saturated rings. The molecular weight excluding hydrogens is 324 g/mol. The molecule has 4 rings (SSSR count). The molecule has 1 aliphatic heterocycles. The zero-order chi connectivity index (χ0) is 16.5. The van der Waals surface area contributed by atoms with Crippen LogP contribution in [0.3, 0.4) is 0 Å². The van der Waals surface area contributed by atoms with Gasteiger partial charge in [-0.3, -0.25) is 4.79 Å². The number of nitrogens with zero attached hydrogens (tertiary/aromatic N) is 4. The summed E-state index contributed by atoms with van der Waals surface area (Å²) < 4.78 is 7.19. The van der Waals surface area contributed by atoms with Crippen molar-refractivity contribution in [1.29, 1.82) is 0 Å². The van der Waals surface area contributed by atoms with Crippen LogP contribution in [-0.4, -0.2) is 45.6 Å².